The van der Waals surface area contributed by atoms with E-state index >= 15 is 0 Å². The van der Waals surface area contributed by atoms with E-state index < -0.39 is 0 Å². The number of para-hydroxylation sites is 2. The van der Waals surface area contributed by atoms with Gasteiger partial charge in [-0.2, -0.15) is 0 Å². The van der Waals surface area contributed by atoms with Crippen LogP contribution in [0.4, 0.5) is 11.4 Å². The Bertz CT molecular complexity index is 704. The number of carbonyl (C=O) groups is 2. The summed E-state index contributed by atoms with van der Waals surface area (Å²) < 4.78 is 0. The summed E-state index contributed by atoms with van der Waals surface area (Å²) in [6.07, 6.45) is 0. The zero-order chi connectivity index (χ0) is 18.1. The number of likely N-dealkylation sites (N-methyl/N-ethyl adjacent to an activating group) is 1. The summed E-state index contributed by atoms with van der Waals surface area (Å²) in [6, 6.07) is 16.0. The van der Waals surface area contributed by atoms with Crippen molar-refractivity contribution in [2.45, 2.75) is 6.92 Å². The Morgan fingerprint density at radius 3 is 2.36 bits per heavy atom. The molecule has 0 saturated heterocycles. The minimum absolute atomic E-state index is 0.00279. The number of benzene rings is 2. The zero-order valence-electron chi connectivity index (χ0n) is 14.2. The monoisotopic (exact) mass is 341 g/mol. The third-order valence-electron chi connectivity index (χ3n) is 3.71. The van der Waals surface area contributed by atoms with Gasteiger partial charge in [-0.1, -0.05) is 37.3 Å². The third-order valence-corrected chi connectivity index (χ3v) is 3.71. The molecule has 0 aliphatic heterocycles. The van der Waals surface area contributed by atoms with Gasteiger partial charge in [0, 0.05) is 12.2 Å². The summed E-state index contributed by atoms with van der Waals surface area (Å²) in [5, 5.41) is 14.6. The number of aliphatic hydroxyl groups is 1. The molecule has 2 aromatic rings. The number of nitrogens with one attached hydrogen (secondary N) is 2. The molecule has 0 aromatic heterocycles. The molecule has 0 unspecified atom stereocenters. The number of hydrogen-bond acceptors (Lipinski definition) is 4. The van der Waals surface area contributed by atoms with Crippen molar-refractivity contribution in [2.75, 3.05) is 36.9 Å². The van der Waals surface area contributed by atoms with E-state index in [9.17, 15) is 9.59 Å². The molecule has 25 heavy (non-hydrogen) atoms. The second kappa shape index (κ2) is 9.56. The van der Waals surface area contributed by atoms with Crippen LogP contribution in [-0.2, 0) is 4.79 Å². The maximum absolute atomic E-state index is 12.5. The predicted molar refractivity (Wildman–Crippen MR) is 98.7 cm³/mol. The second-order valence-electron chi connectivity index (χ2n) is 5.51. The van der Waals surface area contributed by atoms with E-state index in [4.69, 9.17) is 5.11 Å². The Kier molecular flexibility index (Phi) is 7.13. The number of rotatable bonds is 8. The van der Waals surface area contributed by atoms with Crippen molar-refractivity contribution < 1.29 is 14.7 Å². The van der Waals surface area contributed by atoms with Crippen LogP contribution in [0.3, 0.4) is 0 Å². The molecule has 6 heteroatoms. The Hall–Kier alpha value is -2.70. The molecule has 6 nitrogen and oxygen atoms in total. The van der Waals surface area contributed by atoms with Crippen molar-refractivity contribution in [3.63, 3.8) is 0 Å². The van der Waals surface area contributed by atoms with E-state index in [1.54, 1.807) is 36.4 Å². The Morgan fingerprint density at radius 2 is 1.68 bits per heavy atom. The fourth-order valence-corrected chi connectivity index (χ4v) is 2.39. The first kappa shape index (κ1) is 18.6. The number of aliphatic hydroxyl groups excluding tert-OH is 1. The quantitative estimate of drug-likeness (QED) is 0.687. The minimum atomic E-state index is -0.287. The van der Waals surface area contributed by atoms with Crippen molar-refractivity contribution in [3.05, 3.63) is 60.2 Å². The summed E-state index contributed by atoms with van der Waals surface area (Å²) >= 11 is 0. The highest BCUT2D eigenvalue weighted by Crippen LogP contribution is 2.17. The molecule has 0 bridgehead atoms. The molecule has 2 rings (SSSR count). The van der Waals surface area contributed by atoms with Gasteiger partial charge in [0.2, 0.25) is 5.91 Å². The van der Waals surface area contributed by atoms with Crippen LogP contribution in [0.25, 0.3) is 0 Å². The maximum Gasteiger partial charge on any atom is 0.257 e. The van der Waals surface area contributed by atoms with E-state index in [0.29, 0.717) is 30.0 Å². The molecule has 0 saturated carbocycles. The molecule has 0 aliphatic rings. The smallest absolute Gasteiger partial charge is 0.257 e. The van der Waals surface area contributed by atoms with Gasteiger partial charge in [0.25, 0.3) is 5.91 Å². The molecule has 132 valence electrons. The molecule has 0 heterocycles. The van der Waals surface area contributed by atoms with E-state index in [2.05, 4.69) is 10.6 Å². The van der Waals surface area contributed by atoms with Crippen LogP contribution < -0.4 is 10.6 Å². The van der Waals surface area contributed by atoms with Gasteiger partial charge in [0.1, 0.15) is 0 Å². The number of nitrogens with zero attached hydrogens (tertiary/aromatic N) is 1. The summed E-state index contributed by atoms with van der Waals surface area (Å²) in [4.78, 5) is 26.5. The maximum atomic E-state index is 12.5. The standard InChI is InChI=1S/C19H23N3O3/c1-2-22(12-13-23)14-18(24)21-17-11-7-6-10-16(17)19(25)20-15-8-4-3-5-9-15/h3-11,23H,2,12-14H2,1H3,(H,20,25)(H,21,24). The summed E-state index contributed by atoms with van der Waals surface area (Å²) in [7, 11) is 0. The average molecular weight is 341 g/mol. The number of hydrogen-bond donors (Lipinski definition) is 3. The minimum Gasteiger partial charge on any atom is -0.395 e. The van der Waals surface area contributed by atoms with Gasteiger partial charge in [-0.3, -0.25) is 14.5 Å². The van der Waals surface area contributed by atoms with Gasteiger partial charge in [0.05, 0.1) is 24.4 Å². The van der Waals surface area contributed by atoms with Gasteiger partial charge in [-0.05, 0) is 30.8 Å². The lowest BCUT2D eigenvalue weighted by Crippen LogP contribution is -2.35. The fraction of sp³-hybridized carbons (Fsp3) is 0.263. The Balaban J connectivity index is 2.07. The highest BCUT2D eigenvalue weighted by Gasteiger charge is 2.14. The molecule has 0 fully saturated rings. The normalized spacial score (nSPS) is 10.5. The van der Waals surface area contributed by atoms with Gasteiger partial charge < -0.3 is 15.7 Å². The highest BCUT2D eigenvalue weighted by molar-refractivity contribution is 6.10. The van der Waals surface area contributed by atoms with Crippen LogP contribution in [0, 0.1) is 0 Å². The van der Waals surface area contributed by atoms with E-state index in [-0.39, 0.29) is 25.0 Å². The number of amides is 2. The molecule has 0 radical (unpaired) electrons. The molecule has 2 aromatic carbocycles. The Labute approximate surface area is 147 Å². The van der Waals surface area contributed by atoms with Crippen molar-refractivity contribution in [3.8, 4) is 0 Å². The van der Waals surface area contributed by atoms with Gasteiger partial charge in [-0.15, -0.1) is 0 Å². The van der Waals surface area contributed by atoms with Crippen LogP contribution in [0.1, 0.15) is 17.3 Å². The molecule has 3 N–H and O–H groups in total. The summed E-state index contributed by atoms with van der Waals surface area (Å²) in [5.41, 5.74) is 1.54. The molecule has 0 spiro atoms. The molecule has 0 atom stereocenters. The van der Waals surface area contributed by atoms with Crippen molar-refractivity contribution in [2.24, 2.45) is 0 Å². The van der Waals surface area contributed by atoms with Gasteiger partial charge >= 0.3 is 0 Å². The van der Waals surface area contributed by atoms with Crippen LogP contribution >= 0.6 is 0 Å². The molecule has 2 amide bonds. The van der Waals surface area contributed by atoms with Crippen molar-refractivity contribution >= 4 is 23.2 Å². The van der Waals surface area contributed by atoms with Crippen molar-refractivity contribution in [1.82, 2.24) is 4.90 Å². The van der Waals surface area contributed by atoms with Crippen LogP contribution in [0.2, 0.25) is 0 Å². The largest absolute Gasteiger partial charge is 0.395 e. The van der Waals surface area contributed by atoms with Crippen LogP contribution in [-0.4, -0.2) is 48.1 Å². The van der Waals surface area contributed by atoms with Crippen LogP contribution in [0.15, 0.2) is 54.6 Å². The third kappa shape index (κ3) is 5.70. The van der Waals surface area contributed by atoms with E-state index in [1.165, 1.54) is 0 Å². The topological polar surface area (TPSA) is 81.7 Å². The Morgan fingerprint density at radius 1 is 1.00 bits per heavy atom. The number of anilines is 2. The molecular formula is C19H23N3O3. The first-order valence-electron chi connectivity index (χ1n) is 8.22. The first-order chi connectivity index (χ1) is 12.1. The second-order valence-corrected chi connectivity index (χ2v) is 5.51. The molecular weight excluding hydrogens is 318 g/mol. The van der Waals surface area contributed by atoms with Crippen LogP contribution in [0.5, 0.6) is 0 Å². The average Bonchev–Trinajstić information content (AvgIpc) is 2.62. The lowest BCUT2D eigenvalue weighted by atomic mass is 10.1. The zero-order valence-corrected chi connectivity index (χ0v) is 14.2. The fourth-order valence-electron chi connectivity index (χ4n) is 2.39. The van der Waals surface area contributed by atoms with Gasteiger partial charge in [0.15, 0.2) is 0 Å². The first-order valence-corrected chi connectivity index (χ1v) is 8.22. The highest BCUT2D eigenvalue weighted by atomic mass is 16.3. The summed E-state index contributed by atoms with van der Waals surface area (Å²) in [6.45, 7) is 3.16. The van der Waals surface area contributed by atoms with E-state index in [0.717, 1.165) is 0 Å². The van der Waals surface area contributed by atoms with E-state index in [1.807, 2.05) is 30.0 Å². The lowest BCUT2D eigenvalue weighted by Gasteiger charge is -2.19. The summed E-state index contributed by atoms with van der Waals surface area (Å²) in [5.74, 6) is -0.514. The SMILES string of the molecule is CCN(CCO)CC(=O)Nc1ccccc1C(=O)Nc1ccccc1. The molecule has 0 aliphatic carbocycles. The lowest BCUT2D eigenvalue weighted by molar-refractivity contribution is -0.117. The number of carbonyl (C=O) groups excluding carboxylic acids is 2. The van der Waals surface area contributed by atoms with Crippen molar-refractivity contribution in [1.29, 1.82) is 0 Å². The predicted octanol–water partition coefficient (Wildman–Crippen LogP) is 2.19. The van der Waals surface area contributed by atoms with Gasteiger partial charge in [-0.25, -0.2) is 0 Å².